The van der Waals surface area contributed by atoms with Crippen LogP contribution in [0.15, 0.2) is 42.5 Å². The Bertz CT molecular complexity index is 929. The Balaban J connectivity index is 1.64. The van der Waals surface area contributed by atoms with Crippen LogP contribution < -0.4 is 5.32 Å². The first-order chi connectivity index (χ1) is 13.3. The van der Waals surface area contributed by atoms with E-state index in [1.165, 1.54) is 0 Å². The molecule has 1 atom stereocenters. The number of hydrogen-bond donors (Lipinski definition) is 2. The Kier molecular flexibility index (Phi) is 4.61. The molecule has 5 nitrogen and oxygen atoms in total. The molecule has 2 heterocycles. The van der Waals surface area contributed by atoms with Crippen molar-refractivity contribution in [1.29, 1.82) is 0 Å². The highest BCUT2D eigenvalue weighted by Gasteiger charge is 2.36. The van der Waals surface area contributed by atoms with Crippen LogP contribution in [-0.2, 0) is 6.42 Å². The summed E-state index contributed by atoms with van der Waals surface area (Å²) < 4.78 is 0. The third kappa shape index (κ3) is 3.37. The van der Waals surface area contributed by atoms with Crippen LogP contribution in [0.2, 0.25) is 0 Å². The predicted molar refractivity (Wildman–Crippen MR) is 109 cm³/mol. The van der Waals surface area contributed by atoms with Gasteiger partial charge in [-0.2, -0.15) is 0 Å². The fraction of sp³-hybridized carbons (Fsp3) is 0.391. The first-order valence-corrected chi connectivity index (χ1v) is 9.87. The van der Waals surface area contributed by atoms with Gasteiger partial charge in [-0.15, -0.1) is 0 Å². The van der Waals surface area contributed by atoms with Gasteiger partial charge in [0.25, 0.3) is 5.91 Å². The van der Waals surface area contributed by atoms with E-state index in [-0.39, 0.29) is 17.4 Å². The van der Waals surface area contributed by atoms with Crippen molar-refractivity contribution < 1.29 is 14.7 Å². The van der Waals surface area contributed by atoms with Gasteiger partial charge in [-0.3, -0.25) is 4.79 Å². The van der Waals surface area contributed by atoms with Crippen molar-refractivity contribution in [3.8, 4) is 0 Å². The summed E-state index contributed by atoms with van der Waals surface area (Å²) in [4.78, 5) is 26.0. The molecule has 0 aliphatic carbocycles. The van der Waals surface area contributed by atoms with Gasteiger partial charge in [-0.1, -0.05) is 26.0 Å². The van der Waals surface area contributed by atoms with Gasteiger partial charge in [0.2, 0.25) is 0 Å². The number of fused-ring (bicyclic) bond motifs is 1. The molecule has 2 aromatic rings. The van der Waals surface area contributed by atoms with Gasteiger partial charge in [-0.25, -0.2) is 4.79 Å². The zero-order valence-corrected chi connectivity index (χ0v) is 16.4. The molecule has 1 amide bonds. The molecule has 146 valence electrons. The van der Waals surface area contributed by atoms with Crippen molar-refractivity contribution in [2.45, 2.75) is 39.2 Å². The fourth-order valence-corrected chi connectivity index (χ4v) is 4.45. The molecule has 1 fully saturated rings. The van der Waals surface area contributed by atoms with Crippen molar-refractivity contribution in [2.24, 2.45) is 5.41 Å². The standard InChI is InChI=1S/C23H26N2O3/c1-23(2)14-18-13-17(22(27)28)8-9-19(18)24-20(23)15-6-5-7-16(12-15)21(26)25-10-3-4-11-25/h5-9,12-13,20,24H,3-4,10-11,14H2,1-2H3,(H,27,28). The second-order valence-corrected chi connectivity index (χ2v) is 8.54. The zero-order chi connectivity index (χ0) is 19.9. The zero-order valence-electron chi connectivity index (χ0n) is 16.4. The van der Waals surface area contributed by atoms with Crippen LogP contribution in [0.25, 0.3) is 0 Å². The maximum absolute atomic E-state index is 12.8. The van der Waals surface area contributed by atoms with E-state index in [4.69, 9.17) is 0 Å². The Morgan fingerprint density at radius 2 is 1.82 bits per heavy atom. The lowest BCUT2D eigenvalue weighted by atomic mass is 9.72. The normalized spacial score (nSPS) is 20.4. The molecule has 1 unspecified atom stereocenters. The molecule has 0 bridgehead atoms. The number of carbonyl (C=O) groups excluding carboxylic acids is 1. The van der Waals surface area contributed by atoms with Gasteiger partial charge in [-0.05, 0) is 66.1 Å². The number of benzene rings is 2. The number of nitrogens with one attached hydrogen (secondary N) is 1. The number of amides is 1. The van der Waals surface area contributed by atoms with E-state index in [1.54, 1.807) is 12.1 Å². The third-order valence-corrected chi connectivity index (χ3v) is 5.94. The summed E-state index contributed by atoms with van der Waals surface area (Å²) in [5, 5.41) is 12.9. The SMILES string of the molecule is CC1(C)Cc2cc(C(=O)O)ccc2NC1c1cccc(C(=O)N2CCCC2)c1. The molecule has 4 rings (SSSR count). The van der Waals surface area contributed by atoms with Crippen LogP contribution in [-0.4, -0.2) is 35.0 Å². The van der Waals surface area contributed by atoms with Crippen molar-refractivity contribution in [1.82, 2.24) is 4.90 Å². The molecule has 2 aliphatic heterocycles. The van der Waals surface area contributed by atoms with E-state index in [2.05, 4.69) is 25.2 Å². The Hall–Kier alpha value is -2.82. The molecule has 2 N–H and O–H groups in total. The number of aromatic carboxylic acids is 1. The quantitative estimate of drug-likeness (QED) is 0.833. The summed E-state index contributed by atoms with van der Waals surface area (Å²) in [5.41, 5.74) is 4.00. The van der Waals surface area contributed by atoms with E-state index in [1.807, 2.05) is 29.2 Å². The lowest BCUT2D eigenvalue weighted by molar-refractivity contribution is 0.0696. The number of carbonyl (C=O) groups is 2. The lowest BCUT2D eigenvalue weighted by Crippen LogP contribution is -2.35. The number of carboxylic acid groups (broad SMARTS) is 1. The highest BCUT2D eigenvalue weighted by Crippen LogP contribution is 2.45. The fourth-order valence-electron chi connectivity index (χ4n) is 4.45. The summed E-state index contributed by atoms with van der Waals surface area (Å²) in [6.45, 7) is 6.04. The van der Waals surface area contributed by atoms with Crippen LogP contribution in [0, 0.1) is 5.41 Å². The topological polar surface area (TPSA) is 69.6 Å². The number of likely N-dealkylation sites (tertiary alicyclic amines) is 1. The third-order valence-electron chi connectivity index (χ3n) is 5.94. The molecular weight excluding hydrogens is 352 g/mol. The van der Waals surface area contributed by atoms with E-state index in [0.29, 0.717) is 5.56 Å². The van der Waals surface area contributed by atoms with E-state index >= 15 is 0 Å². The van der Waals surface area contributed by atoms with Crippen molar-refractivity contribution in [3.05, 3.63) is 64.7 Å². The minimum Gasteiger partial charge on any atom is -0.478 e. The highest BCUT2D eigenvalue weighted by atomic mass is 16.4. The maximum Gasteiger partial charge on any atom is 0.335 e. The number of anilines is 1. The molecule has 0 spiro atoms. The summed E-state index contributed by atoms with van der Waals surface area (Å²) >= 11 is 0. The Morgan fingerprint density at radius 3 is 2.54 bits per heavy atom. The largest absolute Gasteiger partial charge is 0.478 e. The minimum atomic E-state index is -0.907. The Morgan fingerprint density at radius 1 is 1.07 bits per heavy atom. The van der Waals surface area contributed by atoms with Crippen molar-refractivity contribution >= 4 is 17.6 Å². The summed E-state index contributed by atoms with van der Waals surface area (Å²) in [6, 6.07) is 13.2. The Labute approximate surface area is 165 Å². The number of hydrogen-bond acceptors (Lipinski definition) is 3. The maximum atomic E-state index is 12.8. The summed E-state index contributed by atoms with van der Waals surface area (Å²) in [5.74, 6) is -0.796. The molecular formula is C23H26N2O3. The van der Waals surface area contributed by atoms with Crippen LogP contribution in [0.1, 0.15) is 64.6 Å². The van der Waals surface area contributed by atoms with Gasteiger partial charge in [0.15, 0.2) is 0 Å². The average Bonchev–Trinajstić information content (AvgIpc) is 3.20. The second-order valence-electron chi connectivity index (χ2n) is 8.54. The number of carboxylic acids is 1. The van der Waals surface area contributed by atoms with Crippen LogP contribution in [0.4, 0.5) is 5.69 Å². The van der Waals surface area contributed by atoms with Gasteiger partial charge in [0, 0.05) is 24.3 Å². The minimum absolute atomic E-state index is 0.0435. The molecule has 5 heteroatoms. The number of nitrogens with zero attached hydrogens (tertiary/aromatic N) is 1. The highest BCUT2D eigenvalue weighted by molar-refractivity contribution is 5.94. The molecule has 0 saturated carbocycles. The van der Waals surface area contributed by atoms with Gasteiger partial charge in [0.1, 0.15) is 0 Å². The van der Waals surface area contributed by atoms with E-state index < -0.39 is 5.97 Å². The molecule has 2 aromatic carbocycles. The first-order valence-electron chi connectivity index (χ1n) is 9.87. The van der Waals surface area contributed by atoms with Crippen LogP contribution in [0.5, 0.6) is 0 Å². The second kappa shape index (κ2) is 6.97. The van der Waals surface area contributed by atoms with Crippen LogP contribution in [0.3, 0.4) is 0 Å². The molecule has 2 aliphatic rings. The smallest absolute Gasteiger partial charge is 0.335 e. The van der Waals surface area contributed by atoms with Gasteiger partial charge in [0.05, 0.1) is 11.6 Å². The number of rotatable bonds is 3. The monoisotopic (exact) mass is 378 g/mol. The lowest BCUT2D eigenvalue weighted by Gasteiger charge is -2.41. The van der Waals surface area contributed by atoms with Gasteiger partial charge < -0.3 is 15.3 Å². The first kappa shape index (κ1) is 18.5. The molecule has 28 heavy (non-hydrogen) atoms. The van der Waals surface area contributed by atoms with E-state index in [9.17, 15) is 14.7 Å². The van der Waals surface area contributed by atoms with Gasteiger partial charge >= 0.3 is 5.97 Å². The van der Waals surface area contributed by atoms with Crippen molar-refractivity contribution in [3.63, 3.8) is 0 Å². The summed E-state index contributed by atoms with van der Waals surface area (Å²) in [7, 11) is 0. The molecule has 0 aromatic heterocycles. The predicted octanol–water partition coefficient (Wildman–Crippen LogP) is 4.36. The van der Waals surface area contributed by atoms with Crippen molar-refractivity contribution in [2.75, 3.05) is 18.4 Å². The van der Waals surface area contributed by atoms with E-state index in [0.717, 1.165) is 54.7 Å². The summed E-state index contributed by atoms with van der Waals surface area (Å²) in [6.07, 6.45) is 2.93. The molecule has 1 saturated heterocycles. The molecule has 0 radical (unpaired) electrons. The average molecular weight is 378 g/mol. The van der Waals surface area contributed by atoms with Crippen LogP contribution >= 0.6 is 0 Å².